The van der Waals surface area contributed by atoms with Crippen LogP contribution in [0.2, 0.25) is 0 Å². The molecule has 0 bridgehead atoms. The maximum Gasteiger partial charge on any atom is 0.240 e. The molecular weight excluding hydrogens is 444 g/mol. The first-order chi connectivity index (χ1) is 16.3. The summed E-state index contributed by atoms with van der Waals surface area (Å²) in [6.07, 6.45) is 6.03. The van der Waals surface area contributed by atoms with E-state index in [1.807, 2.05) is 30.3 Å². The van der Waals surface area contributed by atoms with Gasteiger partial charge >= 0.3 is 0 Å². The lowest BCUT2D eigenvalue weighted by atomic mass is 9.74. The van der Waals surface area contributed by atoms with Crippen molar-refractivity contribution in [3.8, 4) is 11.1 Å². The fourth-order valence-corrected chi connectivity index (χ4v) is 5.91. The molecular formula is C28H32N2O3S. The van der Waals surface area contributed by atoms with Crippen LogP contribution in [0.4, 0.5) is 0 Å². The van der Waals surface area contributed by atoms with Crippen molar-refractivity contribution < 1.29 is 13.2 Å². The minimum absolute atomic E-state index is 0.0586. The van der Waals surface area contributed by atoms with Crippen molar-refractivity contribution in [2.75, 3.05) is 13.6 Å². The Bertz CT molecular complexity index is 1290. The highest BCUT2D eigenvalue weighted by Crippen LogP contribution is 2.43. The molecule has 3 N–H and O–H groups in total. The summed E-state index contributed by atoms with van der Waals surface area (Å²) in [4.78, 5) is 11.6. The zero-order valence-electron chi connectivity index (χ0n) is 19.8. The van der Waals surface area contributed by atoms with Gasteiger partial charge in [-0.15, -0.1) is 0 Å². The van der Waals surface area contributed by atoms with Gasteiger partial charge in [0.15, 0.2) is 0 Å². The molecule has 178 valence electrons. The highest BCUT2D eigenvalue weighted by Gasteiger charge is 2.36. The molecule has 0 spiro atoms. The number of nitrogens with one attached hydrogen (secondary N) is 1. The second kappa shape index (κ2) is 9.82. The van der Waals surface area contributed by atoms with Crippen molar-refractivity contribution in [2.45, 2.75) is 49.3 Å². The van der Waals surface area contributed by atoms with Gasteiger partial charge in [0, 0.05) is 17.5 Å². The van der Waals surface area contributed by atoms with Crippen molar-refractivity contribution in [3.63, 3.8) is 0 Å². The fraction of sp³-hybridized carbons (Fsp3) is 0.321. The predicted octanol–water partition coefficient (Wildman–Crippen LogP) is 4.74. The van der Waals surface area contributed by atoms with Crippen LogP contribution in [-0.4, -0.2) is 28.3 Å². The minimum Gasteiger partial charge on any atom is -0.330 e. The molecule has 3 aromatic rings. The van der Waals surface area contributed by atoms with Gasteiger partial charge in [-0.1, -0.05) is 55.3 Å². The number of carbonyl (C=O) groups is 1. The standard InChI is InChI=1S/C28H32N2O3S/c1-20-5-6-22(18-31)16-26(20)23-9-10-24(27(17-23)28(19-29)13-3-4-14-28)15-21-7-11-25(12-8-21)34(32,33)30-2/h5-12,16-18,30H,3-4,13-15,19,29H2,1-2H3. The highest BCUT2D eigenvalue weighted by molar-refractivity contribution is 7.89. The Morgan fingerprint density at radius 1 is 1.00 bits per heavy atom. The molecule has 1 saturated carbocycles. The number of hydrogen-bond acceptors (Lipinski definition) is 4. The van der Waals surface area contributed by atoms with E-state index in [0.717, 1.165) is 54.2 Å². The number of hydrogen-bond donors (Lipinski definition) is 2. The van der Waals surface area contributed by atoms with E-state index >= 15 is 0 Å². The van der Waals surface area contributed by atoms with Gasteiger partial charge < -0.3 is 5.73 Å². The smallest absolute Gasteiger partial charge is 0.240 e. The van der Waals surface area contributed by atoms with Crippen LogP contribution in [0, 0.1) is 6.92 Å². The summed E-state index contributed by atoms with van der Waals surface area (Å²) in [6, 6.07) is 19.4. The lowest BCUT2D eigenvalue weighted by Crippen LogP contribution is -2.33. The fourth-order valence-electron chi connectivity index (χ4n) is 5.18. The molecule has 0 aliphatic heterocycles. The van der Waals surface area contributed by atoms with Crippen LogP contribution in [0.3, 0.4) is 0 Å². The first kappa shape index (κ1) is 24.3. The summed E-state index contributed by atoms with van der Waals surface area (Å²) in [6.45, 7) is 2.66. The third-order valence-electron chi connectivity index (χ3n) is 7.24. The highest BCUT2D eigenvalue weighted by atomic mass is 32.2. The zero-order valence-corrected chi connectivity index (χ0v) is 20.6. The molecule has 0 unspecified atom stereocenters. The van der Waals surface area contributed by atoms with E-state index in [2.05, 4.69) is 29.8 Å². The van der Waals surface area contributed by atoms with E-state index in [-0.39, 0.29) is 10.3 Å². The predicted molar refractivity (Wildman–Crippen MR) is 137 cm³/mol. The molecule has 5 nitrogen and oxygen atoms in total. The normalized spacial score (nSPS) is 15.4. The van der Waals surface area contributed by atoms with Gasteiger partial charge in [-0.2, -0.15) is 0 Å². The summed E-state index contributed by atoms with van der Waals surface area (Å²) in [5, 5.41) is 0. The van der Waals surface area contributed by atoms with Crippen LogP contribution in [0.15, 0.2) is 65.6 Å². The molecule has 0 radical (unpaired) electrons. The third kappa shape index (κ3) is 4.71. The van der Waals surface area contributed by atoms with Gasteiger partial charge in [0.05, 0.1) is 4.90 Å². The second-order valence-corrected chi connectivity index (χ2v) is 11.2. The molecule has 4 rings (SSSR count). The number of rotatable bonds is 8. The maximum atomic E-state index is 12.1. The first-order valence-corrected chi connectivity index (χ1v) is 13.2. The van der Waals surface area contributed by atoms with Crippen LogP contribution in [0.25, 0.3) is 11.1 Å². The quantitative estimate of drug-likeness (QED) is 0.460. The van der Waals surface area contributed by atoms with Gasteiger partial charge in [0.25, 0.3) is 0 Å². The summed E-state index contributed by atoms with van der Waals surface area (Å²) in [5.41, 5.74) is 13.8. The van der Waals surface area contributed by atoms with E-state index in [0.29, 0.717) is 18.5 Å². The summed E-state index contributed by atoms with van der Waals surface area (Å²) >= 11 is 0. The number of sulfonamides is 1. The van der Waals surface area contributed by atoms with E-state index in [1.54, 1.807) is 12.1 Å². The van der Waals surface area contributed by atoms with Crippen LogP contribution in [0.1, 0.15) is 58.3 Å². The average Bonchev–Trinajstić information content (AvgIpc) is 3.35. The van der Waals surface area contributed by atoms with Crippen molar-refractivity contribution in [2.24, 2.45) is 5.73 Å². The van der Waals surface area contributed by atoms with Crippen molar-refractivity contribution in [1.29, 1.82) is 0 Å². The minimum atomic E-state index is -3.46. The molecule has 0 heterocycles. The van der Waals surface area contributed by atoms with Gasteiger partial charge in [-0.05, 0) is 84.8 Å². The Labute approximate surface area is 202 Å². The Kier molecular flexibility index (Phi) is 7.03. The monoisotopic (exact) mass is 476 g/mol. The van der Waals surface area contributed by atoms with Gasteiger partial charge in [0.2, 0.25) is 10.0 Å². The summed E-state index contributed by atoms with van der Waals surface area (Å²) in [5.74, 6) is 0. The Balaban J connectivity index is 1.78. The molecule has 0 atom stereocenters. The number of nitrogens with two attached hydrogens (primary N) is 1. The molecule has 1 fully saturated rings. The van der Waals surface area contributed by atoms with Crippen molar-refractivity contribution in [3.05, 3.63) is 88.5 Å². The Morgan fingerprint density at radius 2 is 1.71 bits per heavy atom. The number of aryl methyl sites for hydroxylation is 1. The van der Waals surface area contributed by atoms with Crippen LogP contribution < -0.4 is 10.5 Å². The second-order valence-electron chi connectivity index (χ2n) is 9.28. The van der Waals surface area contributed by atoms with E-state index in [4.69, 9.17) is 5.73 Å². The molecule has 1 aliphatic carbocycles. The lowest BCUT2D eigenvalue weighted by molar-refractivity contribution is 0.112. The van der Waals surface area contributed by atoms with Crippen LogP contribution in [0.5, 0.6) is 0 Å². The molecule has 34 heavy (non-hydrogen) atoms. The average molecular weight is 477 g/mol. The van der Waals surface area contributed by atoms with Gasteiger partial charge in [-0.25, -0.2) is 13.1 Å². The van der Waals surface area contributed by atoms with Crippen LogP contribution in [-0.2, 0) is 21.9 Å². The molecule has 6 heteroatoms. The summed E-state index contributed by atoms with van der Waals surface area (Å²) in [7, 11) is -2.05. The zero-order chi connectivity index (χ0) is 24.3. The van der Waals surface area contributed by atoms with Gasteiger partial charge in [0.1, 0.15) is 6.29 Å². The molecule has 0 amide bonds. The molecule has 3 aromatic carbocycles. The van der Waals surface area contributed by atoms with E-state index in [1.165, 1.54) is 18.2 Å². The van der Waals surface area contributed by atoms with Crippen molar-refractivity contribution in [1.82, 2.24) is 4.72 Å². The number of benzene rings is 3. The van der Waals surface area contributed by atoms with Gasteiger partial charge in [-0.3, -0.25) is 4.79 Å². The maximum absolute atomic E-state index is 12.1. The largest absolute Gasteiger partial charge is 0.330 e. The number of carbonyl (C=O) groups excluding carboxylic acids is 1. The topological polar surface area (TPSA) is 89.3 Å². The Hall–Kier alpha value is -2.80. The van der Waals surface area contributed by atoms with E-state index < -0.39 is 10.0 Å². The SMILES string of the molecule is CNS(=O)(=O)c1ccc(Cc2ccc(-c3cc(C=O)ccc3C)cc2C2(CN)CCCC2)cc1. The molecule has 1 aliphatic rings. The first-order valence-electron chi connectivity index (χ1n) is 11.7. The number of aldehydes is 1. The summed E-state index contributed by atoms with van der Waals surface area (Å²) < 4.78 is 26.5. The third-order valence-corrected chi connectivity index (χ3v) is 8.67. The lowest BCUT2D eigenvalue weighted by Gasteiger charge is -2.31. The molecule has 0 saturated heterocycles. The van der Waals surface area contributed by atoms with Crippen molar-refractivity contribution >= 4 is 16.3 Å². The van der Waals surface area contributed by atoms with Crippen LogP contribution >= 0.6 is 0 Å². The Morgan fingerprint density at radius 3 is 2.32 bits per heavy atom. The van der Waals surface area contributed by atoms with E-state index in [9.17, 15) is 13.2 Å². The molecule has 0 aromatic heterocycles.